The number of sulfonamides is 1. The van der Waals surface area contributed by atoms with Crippen molar-refractivity contribution in [3.05, 3.63) is 18.3 Å². The fraction of sp³-hybridized carbons (Fsp3) is 0.500. The molecule has 0 saturated carbocycles. The van der Waals surface area contributed by atoms with Gasteiger partial charge in [0.2, 0.25) is 10.0 Å². The van der Waals surface area contributed by atoms with E-state index in [1.165, 1.54) is 16.6 Å². The van der Waals surface area contributed by atoms with E-state index in [0.29, 0.717) is 13.1 Å². The van der Waals surface area contributed by atoms with E-state index in [2.05, 4.69) is 4.98 Å². The summed E-state index contributed by atoms with van der Waals surface area (Å²) in [5.74, 6) is 0.0528. The molecule has 0 amide bonds. The number of anilines is 1. The molecule has 0 aliphatic rings. The Morgan fingerprint density at radius 1 is 1.44 bits per heavy atom. The quantitative estimate of drug-likeness (QED) is 0.839. The van der Waals surface area contributed by atoms with E-state index in [1.807, 2.05) is 6.92 Å². The number of hydrogen-bond donors (Lipinski definition) is 1. The van der Waals surface area contributed by atoms with Gasteiger partial charge in [0.1, 0.15) is 10.7 Å². The lowest BCUT2D eigenvalue weighted by atomic mass is 10.5. The number of aromatic nitrogens is 1. The summed E-state index contributed by atoms with van der Waals surface area (Å²) in [6, 6.07) is 3.05. The number of nitrogens with two attached hydrogens (primary N) is 1. The Morgan fingerprint density at radius 2 is 2.12 bits per heavy atom. The zero-order valence-electron chi connectivity index (χ0n) is 9.55. The lowest BCUT2D eigenvalue weighted by Gasteiger charge is -2.20. The van der Waals surface area contributed by atoms with Crippen molar-refractivity contribution in [1.29, 1.82) is 0 Å². The Morgan fingerprint density at radius 3 is 2.62 bits per heavy atom. The van der Waals surface area contributed by atoms with Gasteiger partial charge in [-0.15, -0.1) is 0 Å². The van der Waals surface area contributed by atoms with Crippen LogP contribution in [0.15, 0.2) is 23.2 Å². The highest BCUT2D eigenvalue weighted by molar-refractivity contribution is 7.89. The van der Waals surface area contributed by atoms with Crippen LogP contribution in [0.1, 0.15) is 20.3 Å². The molecule has 2 N–H and O–H groups in total. The van der Waals surface area contributed by atoms with Crippen molar-refractivity contribution in [1.82, 2.24) is 9.29 Å². The van der Waals surface area contributed by atoms with E-state index in [-0.39, 0.29) is 10.7 Å². The minimum atomic E-state index is -3.50. The molecule has 0 unspecified atom stereocenters. The molecule has 0 aromatic carbocycles. The first-order chi connectivity index (χ1) is 7.54. The van der Waals surface area contributed by atoms with Crippen molar-refractivity contribution in [2.75, 3.05) is 18.8 Å². The second-order valence-corrected chi connectivity index (χ2v) is 5.29. The van der Waals surface area contributed by atoms with Gasteiger partial charge < -0.3 is 5.73 Å². The van der Waals surface area contributed by atoms with Gasteiger partial charge in [-0.05, 0) is 18.6 Å². The number of nitrogens with zero attached hydrogens (tertiary/aromatic N) is 2. The molecule has 16 heavy (non-hydrogen) atoms. The highest BCUT2D eigenvalue weighted by Crippen LogP contribution is 2.19. The highest BCUT2D eigenvalue weighted by atomic mass is 32.2. The third kappa shape index (κ3) is 2.51. The molecule has 0 spiro atoms. The molecule has 90 valence electrons. The predicted molar refractivity (Wildman–Crippen MR) is 63.4 cm³/mol. The Balaban J connectivity index is 3.15. The maximum absolute atomic E-state index is 12.2. The summed E-state index contributed by atoms with van der Waals surface area (Å²) in [5, 5.41) is 0. The predicted octanol–water partition coefficient (Wildman–Crippen LogP) is 1.08. The Hall–Kier alpha value is -1.14. The van der Waals surface area contributed by atoms with Crippen molar-refractivity contribution in [2.24, 2.45) is 0 Å². The first kappa shape index (κ1) is 12.9. The minimum absolute atomic E-state index is 0.0528. The van der Waals surface area contributed by atoms with Gasteiger partial charge in [0.15, 0.2) is 0 Å². The first-order valence-corrected chi connectivity index (χ1v) is 6.68. The topological polar surface area (TPSA) is 76.3 Å². The third-order valence-corrected chi connectivity index (χ3v) is 4.26. The Kier molecular flexibility index (Phi) is 4.26. The number of pyridine rings is 1. The summed E-state index contributed by atoms with van der Waals surface area (Å²) in [6.45, 7) is 4.67. The van der Waals surface area contributed by atoms with Gasteiger partial charge in [-0.25, -0.2) is 13.4 Å². The zero-order chi connectivity index (χ0) is 12.2. The maximum Gasteiger partial charge on any atom is 0.246 e. The zero-order valence-corrected chi connectivity index (χ0v) is 10.4. The molecule has 1 aromatic heterocycles. The minimum Gasteiger partial charge on any atom is -0.383 e. The molecule has 0 fully saturated rings. The van der Waals surface area contributed by atoms with Gasteiger partial charge in [-0.1, -0.05) is 13.8 Å². The standard InChI is InChI=1S/C10H17N3O2S/c1-3-8-13(4-2)16(14,15)9-6-5-7-12-10(9)11/h5-7H,3-4,8H2,1-2H3,(H2,11,12). The molecule has 0 saturated heterocycles. The molecule has 0 aliphatic carbocycles. The summed E-state index contributed by atoms with van der Waals surface area (Å²) in [5.41, 5.74) is 5.58. The number of nitrogen functional groups attached to an aromatic ring is 1. The molecule has 5 nitrogen and oxygen atoms in total. The van der Waals surface area contributed by atoms with Crippen LogP contribution in [0.3, 0.4) is 0 Å². The summed E-state index contributed by atoms with van der Waals surface area (Å²) >= 11 is 0. The lowest BCUT2D eigenvalue weighted by molar-refractivity contribution is 0.427. The van der Waals surface area contributed by atoms with E-state index in [9.17, 15) is 8.42 Å². The van der Waals surface area contributed by atoms with Crippen LogP contribution in [0.4, 0.5) is 5.82 Å². The van der Waals surface area contributed by atoms with Gasteiger partial charge in [-0.2, -0.15) is 4.31 Å². The molecule has 1 aromatic rings. The van der Waals surface area contributed by atoms with E-state index in [0.717, 1.165) is 6.42 Å². The lowest BCUT2D eigenvalue weighted by Crippen LogP contribution is -2.32. The fourth-order valence-corrected chi connectivity index (χ4v) is 3.07. The molecule has 0 bridgehead atoms. The van der Waals surface area contributed by atoms with Crippen molar-refractivity contribution in [2.45, 2.75) is 25.2 Å². The molecule has 0 radical (unpaired) electrons. The van der Waals surface area contributed by atoms with Crippen LogP contribution in [0.25, 0.3) is 0 Å². The molecule has 0 aliphatic heterocycles. The van der Waals surface area contributed by atoms with Crippen LogP contribution in [0.5, 0.6) is 0 Å². The molecular weight excluding hydrogens is 226 g/mol. The Labute approximate surface area is 96.3 Å². The molecular formula is C10H17N3O2S. The van der Waals surface area contributed by atoms with Gasteiger partial charge in [-0.3, -0.25) is 0 Å². The van der Waals surface area contributed by atoms with Crippen molar-refractivity contribution >= 4 is 15.8 Å². The summed E-state index contributed by atoms with van der Waals surface area (Å²) in [4.78, 5) is 3.88. The van der Waals surface area contributed by atoms with E-state index in [4.69, 9.17) is 5.73 Å². The SMILES string of the molecule is CCCN(CC)S(=O)(=O)c1cccnc1N. The van der Waals surface area contributed by atoms with Crippen LogP contribution in [0.2, 0.25) is 0 Å². The van der Waals surface area contributed by atoms with Crippen LogP contribution in [-0.4, -0.2) is 30.8 Å². The largest absolute Gasteiger partial charge is 0.383 e. The third-order valence-electron chi connectivity index (χ3n) is 2.24. The molecule has 0 atom stereocenters. The van der Waals surface area contributed by atoms with Crippen LogP contribution in [-0.2, 0) is 10.0 Å². The first-order valence-electron chi connectivity index (χ1n) is 5.24. The molecule has 1 heterocycles. The van der Waals surface area contributed by atoms with Crippen LogP contribution in [0, 0.1) is 0 Å². The Bertz CT molecular complexity index is 445. The van der Waals surface area contributed by atoms with Crippen LogP contribution >= 0.6 is 0 Å². The van der Waals surface area contributed by atoms with Crippen LogP contribution < -0.4 is 5.73 Å². The average Bonchev–Trinajstić information content (AvgIpc) is 2.26. The van der Waals surface area contributed by atoms with E-state index < -0.39 is 10.0 Å². The summed E-state index contributed by atoms with van der Waals surface area (Å²) in [7, 11) is -3.50. The second-order valence-electron chi connectivity index (χ2n) is 3.38. The number of rotatable bonds is 5. The average molecular weight is 243 g/mol. The van der Waals surface area contributed by atoms with Crippen molar-refractivity contribution < 1.29 is 8.42 Å². The highest BCUT2D eigenvalue weighted by Gasteiger charge is 2.24. The summed E-state index contributed by atoms with van der Waals surface area (Å²) < 4.78 is 25.8. The summed E-state index contributed by atoms with van der Waals surface area (Å²) in [6.07, 6.45) is 2.25. The van der Waals surface area contributed by atoms with E-state index in [1.54, 1.807) is 13.0 Å². The second kappa shape index (κ2) is 5.27. The maximum atomic E-state index is 12.2. The van der Waals surface area contributed by atoms with Crippen molar-refractivity contribution in [3.8, 4) is 0 Å². The van der Waals surface area contributed by atoms with Gasteiger partial charge in [0, 0.05) is 19.3 Å². The molecule has 1 rings (SSSR count). The van der Waals surface area contributed by atoms with Gasteiger partial charge in [0.25, 0.3) is 0 Å². The van der Waals surface area contributed by atoms with Gasteiger partial charge in [0.05, 0.1) is 0 Å². The number of hydrogen-bond acceptors (Lipinski definition) is 4. The van der Waals surface area contributed by atoms with Gasteiger partial charge >= 0.3 is 0 Å². The smallest absolute Gasteiger partial charge is 0.246 e. The van der Waals surface area contributed by atoms with E-state index >= 15 is 0 Å². The normalized spacial score (nSPS) is 11.9. The molecule has 6 heteroatoms. The fourth-order valence-electron chi connectivity index (χ4n) is 1.46. The monoisotopic (exact) mass is 243 g/mol. The van der Waals surface area contributed by atoms with Crippen molar-refractivity contribution in [3.63, 3.8) is 0 Å².